The van der Waals surface area contributed by atoms with Crippen LogP contribution in [0.5, 0.6) is 0 Å². The number of fused-ring (bicyclic) bond motifs is 4. The van der Waals surface area contributed by atoms with E-state index in [0.29, 0.717) is 17.7 Å². The molecule has 10 heteroatoms. The summed E-state index contributed by atoms with van der Waals surface area (Å²) in [6.07, 6.45) is 1.97. The summed E-state index contributed by atoms with van der Waals surface area (Å²) in [5.41, 5.74) is 4.62. The van der Waals surface area contributed by atoms with Crippen LogP contribution >= 0.6 is 0 Å². The van der Waals surface area contributed by atoms with E-state index in [1.165, 1.54) is 30.1 Å². The number of methoxy groups -OCH3 is 1. The SMILES string of the molecule is COC(=O)c1ccc(-n2cc(C3Nc4ccc5[nH]ncc5c4C4=C3CCCC4)c(C(F)(F)F)n2)cc1. The van der Waals surface area contributed by atoms with Gasteiger partial charge >= 0.3 is 12.1 Å². The molecule has 1 unspecified atom stereocenters. The lowest BCUT2D eigenvalue weighted by Gasteiger charge is -2.35. The number of aromatic nitrogens is 4. The molecular weight excluding hydrogens is 471 g/mol. The fourth-order valence-electron chi connectivity index (χ4n) is 5.32. The van der Waals surface area contributed by atoms with Crippen LogP contribution in [-0.2, 0) is 10.9 Å². The molecule has 0 radical (unpaired) electrons. The van der Waals surface area contributed by atoms with Crippen LogP contribution in [0.2, 0.25) is 0 Å². The molecule has 0 saturated carbocycles. The third-order valence-electron chi connectivity index (χ3n) is 6.96. The average molecular weight is 493 g/mol. The molecule has 1 aliphatic heterocycles. The predicted molar refractivity (Wildman–Crippen MR) is 128 cm³/mol. The Morgan fingerprint density at radius 1 is 1.11 bits per heavy atom. The fraction of sp³-hybridized carbons (Fsp3) is 0.269. The van der Waals surface area contributed by atoms with E-state index >= 15 is 0 Å². The van der Waals surface area contributed by atoms with E-state index in [1.54, 1.807) is 18.3 Å². The first-order chi connectivity index (χ1) is 17.3. The summed E-state index contributed by atoms with van der Waals surface area (Å²) in [4.78, 5) is 11.7. The molecule has 3 heterocycles. The Morgan fingerprint density at radius 2 is 1.89 bits per heavy atom. The molecule has 2 N–H and O–H groups in total. The van der Waals surface area contributed by atoms with Gasteiger partial charge in [-0.1, -0.05) is 0 Å². The van der Waals surface area contributed by atoms with Crippen molar-refractivity contribution in [3.8, 4) is 5.69 Å². The highest BCUT2D eigenvalue weighted by Gasteiger charge is 2.42. The summed E-state index contributed by atoms with van der Waals surface area (Å²) in [5, 5.41) is 15.5. The molecule has 0 saturated heterocycles. The van der Waals surface area contributed by atoms with Crippen molar-refractivity contribution in [1.82, 2.24) is 20.0 Å². The zero-order valence-corrected chi connectivity index (χ0v) is 19.3. The largest absolute Gasteiger partial charge is 0.465 e. The quantitative estimate of drug-likeness (QED) is 0.340. The van der Waals surface area contributed by atoms with E-state index in [1.807, 2.05) is 12.1 Å². The normalized spacial score (nSPS) is 17.5. The van der Waals surface area contributed by atoms with E-state index in [4.69, 9.17) is 4.74 Å². The maximum absolute atomic E-state index is 14.2. The van der Waals surface area contributed by atoms with Crippen molar-refractivity contribution in [1.29, 1.82) is 0 Å². The van der Waals surface area contributed by atoms with Gasteiger partial charge in [0.1, 0.15) is 0 Å². The molecule has 2 aliphatic rings. The zero-order valence-electron chi connectivity index (χ0n) is 19.3. The highest BCUT2D eigenvalue weighted by atomic mass is 19.4. The number of esters is 1. The van der Waals surface area contributed by atoms with Crippen LogP contribution in [0.4, 0.5) is 18.9 Å². The molecule has 0 amide bonds. The Morgan fingerprint density at radius 3 is 2.64 bits per heavy atom. The summed E-state index contributed by atoms with van der Waals surface area (Å²) in [6.45, 7) is 0. The standard InChI is InChI=1S/C26H22F3N5O2/c1-36-25(35)14-6-8-15(9-7-14)34-13-19(24(33-34)26(27,28)29)23-17-5-3-2-4-16(17)22-18-12-30-32-20(18)10-11-21(22)31-23/h6-13,23,31H,2-5H2,1H3,(H,30,32). The van der Waals surface area contributed by atoms with Crippen LogP contribution in [0.15, 0.2) is 54.4 Å². The lowest BCUT2D eigenvalue weighted by Crippen LogP contribution is -2.24. The lowest BCUT2D eigenvalue weighted by atomic mass is 9.78. The number of carbonyl (C=O) groups is 1. The minimum Gasteiger partial charge on any atom is -0.465 e. The molecule has 2 aromatic heterocycles. The maximum atomic E-state index is 14.2. The van der Waals surface area contributed by atoms with Gasteiger partial charge in [-0.05, 0) is 73.2 Å². The number of carbonyl (C=O) groups excluding carboxylic acids is 1. The number of allylic oxidation sites excluding steroid dienone is 1. The number of rotatable bonds is 3. The van der Waals surface area contributed by atoms with Crippen molar-refractivity contribution in [2.75, 3.05) is 12.4 Å². The van der Waals surface area contributed by atoms with Crippen LogP contribution in [0.1, 0.15) is 58.9 Å². The van der Waals surface area contributed by atoms with Crippen LogP contribution in [0, 0.1) is 0 Å². The number of hydrogen-bond donors (Lipinski definition) is 2. The van der Waals surface area contributed by atoms with Gasteiger partial charge in [0.05, 0.1) is 36.1 Å². The molecule has 1 aliphatic carbocycles. The molecule has 2 aromatic carbocycles. The number of nitrogens with zero attached hydrogens (tertiary/aromatic N) is 3. The van der Waals surface area contributed by atoms with Crippen LogP contribution < -0.4 is 5.32 Å². The Balaban J connectivity index is 1.49. The molecule has 7 nitrogen and oxygen atoms in total. The van der Waals surface area contributed by atoms with E-state index in [0.717, 1.165) is 52.6 Å². The number of hydrogen-bond acceptors (Lipinski definition) is 5. The summed E-state index contributed by atoms with van der Waals surface area (Å²) in [5.74, 6) is -0.521. The van der Waals surface area contributed by atoms with Crippen LogP contribution in [-0.4, -0.2) is 33.1 Å². The molecule has 184 valence electrons. The van der Waals surface area contributed by atoms with Crippen LogP contribution in [0.3, 0.4) is 0 Å². The van der Waals surface area contributed by atoms with Crippen molar-refractivity contribution in [3.63, 3.8) is 0 Å². The minimum atomic E-state index is -4.64. The van der Waals surface area contributed by atoms with Gasteiger partial charge in [-0.15, -0.1) is 0 Å². The van der Waals surface area contributed by atoms with Gasteiger partial charge in [-0.2, -0.15) is 23.4 Å². The number of benzene rings is 2. The number of anilines is 1. The van der Waals surface area contributed by atoms with Gasteiger partial charge in [0, 0.05) is 28.4 Å². The Bertz CT molecular complexity index is 1510. The summed E-state index contributed by atoms with van der Waals surface area (Å²) in [6, 6.07) is 9.23. The number of aromatic amines is 1. The molecular formula is C26H22F3N5O2. The van der Waals surface area contributed by atoms with Crippen molar-refractivity contribution < 1.29 is 22.7 Å². The summed E-state index contributed by atoms with van der Waals surface area (Å²) in [7, 11) is 1.27. The molecule has 6 rings (SSSR count). The summed E-state index contributed by atoms with van der Waals surface area (Å²) >= 11 is 0. The second kappa shape index (κ2) is 8.25. The van der Waals surface area contributed by atoms with Gasteiger partial charge in [0.15, 0.2) is 5.69 Å². The first-order valence-electron chi connectivity index (χ1n) is 11.7. The van der Waals surface area contributed by atoms with E-state index in [-0.39, 0.29) is 5.56 Å². The third kappa shape index (κ3) is 3.55. The van der Waals surface area contributed by atoms with Crippen molar-refractivity contribution >= 4 is 28.1 Å². The monoisotopic (exact) mass is 493 g/mol. The number of alkyl halides is 3. The molecule has 0 bridgehead atoms. The van der Waals surface area contributed by atoms with Crippen molar-refractivity contribution in [2.24, 2.45) is 0 Å². The van der Waals surface area contributed by atoms with Gasteiger partial charge in [-0.25, -0.2) is 9.48 Å². The second-order valence-electron chi connectivity index (χ2n) is 9.02. The molecule has 0 fully saturated rings. The first kappa shape index (κ1) is 22.4. The van der Waals surface area contributed by atoms with Gasteiger partial charge in [0.2, 0.25) is 0 Å². The highest BCUT2D eigenvalue weighted by molar-refractivity contribution is 6.00. The number of H-pyrrole nitrogens is 1. The van der Waals surface area contributed by atoms with E-state index in [2.05, 4.69) is 20.6 Å². The lowest BCUT2D eigenvalue weighted by molar-refractivity contribution is -0.142. The van der Waals surface area contributed by atoms with E-state index < -0.39 is 23.9 Å². The van der Waals surface area contributed by atoms with Gasteiger partial charge in [-0.3, -0.25) is 5.10 Å². The first-order valence-corrected chi connectivity index (χ1v) is 11.7. The van der Waals surface area contributed by atoms with E-state index in [9.17, 15) is 18.0 Å². The topological polar surface area (TPSA) is 84.8 Å². The number of halogens is 3. The number of nitrogens with one attached hydrogen (secondary N) is 2. The number of ether oxygens (including phenoxy) is 1. The fourth-order valence-corrected chi connectivity index (χ4v) is 5.32. The smallest absolute Gasteiger partial charge is 0.435 e. The van der Waals surface area contributed by atoms with Gasteiger partial charge < -0.3 is 10.1 Å². The second-order valence-corrected chi connectivity index (χ2v) is 9.02. The zero-order chi connectivity index (χ0) is 25.0. The molecule has 4 aromatic rings. The Hall–Kier alpha value is -4.08. The summed E-state index contributed by atoms with van der Waals surface area (Å²) < 4.78 is 48.6. The Kier molecular flexibility index (Phi) is 5.13. The predicted octanol–water partition coefficient (Wildman–Crippen LogP) is 6.05. The average Bonchev–Trinajstić information content (AvgIpc) is 3.55. The van der Waals surface area contributed by atoms with Crippen molar-refractivity contribution in [3.05, 3.63) is 76.7 Å². The minimum absolute atomic E-state index is 0.0758. The molecule has 1 atom stereocenters. The maximum Gasteiger partial charge on any atom is 0.435 e. The highest BCUT2D eigenvalue weighted by Crippen LogP contribution is 2.50. The van der Waals surface area contributed by atoms with Crippen LogP contribution in [0.25, 0.3) is 22.2 Å². The Labute approximate surface area is 204 Å². The van der Waals surface area contributed by atoms with Crippen molar-refractivity contribution in [2.45, 2.75) is 37.9 Å². The third-order valence-corrected chi connectivity index (χ3v) is 6.96. The molecule has 0 spiro atoms. The molecule has 36 heavy (non-hydrogen) atoms. The van der Waals surface area contributed by atoms with Gasteiger partial charge in [0.25, 0.3) is 0 Å².